The third-order valence-corrected chi connectivity index (χ3v) is 6.64. The zero-order valence-corrected chi connectivity index (χ0v) is 20.4. The number of nitrogens with one attached hydrogen (secondary N) is 2. The van der Waals surface area contributed by atoms with Crippen molar-refractivity contribution in [3.05, 3.63) is 138 Å². The monoisotopic (exact) mass is 501 g/mol. The van der Waals surface area contributed by atoms with Crippen molar-refractivity contribution in [1.29, 1.82) is 0 Å². The minimum atomic E-state index is -0.590. The average Bonchev–Trinajstić information content (AvgIpc) is 3.64. The summed E-state index contributed by atoms with van der Waals surface area (Å²) >= 11 is 0. The number of amides is 1. The molecule has 1 atom stereocenters. The van der Waals surface area contributed by atoms with Crippen molar-refractivity contribution in [2.75, 3.05) is 0 Å². The SMILES string of the molecule is O=C(NC(Cc1ccccc1)c1ccccc1)c1ccc(-c2cnc3ccc(-c4cn[nH]c4)cn23)cc1F. The second kappa shape index (κ2) is 10.1. The quantitative estimate of drug-likeness (QED) is 0.272. The fourth-order valence-corrected chi connectivity index (χ4v) is 4.66. The van der Waals surface area contributed by atoms with Crippen molar-refractivity contribution in [1.82, 2.24) is 24.9 Å². The van der Waals surface area contributed by atoms with Gasteiger partial charge in [0, 0.05) is 29.1 Å². The maximum absolute atomic E-state index is 15.4. The van der Waals surface area contributed by atoms with Gasteiger partial charge in [-0.05, 0) is 41.8 Å². The first-order valence-corrected chi connectivity index (χ1v) is 12.3. The number of aromatic nitrogens is 4. The molecule has 1 unspecified atom stereocenters. The summed E-state index contributed by atoms with van der Waals surface area (Å²) in [5.74, 6) is -1.05. The summed E-state index contributed by atoms with van der Waals surface area (Å²) < 4.78 is 17.3. The average molecular weight is 502 g/mol. The largest absolute Gasteiger partial charge is 0.345 e. The number of carbonyl (C=O) groups is 1. The predicted molar refractivity (Wildman–Crippen MR) is 145 cm³/mol. The Morgan fingerprint density at radius 2 is 1.66 bits per heavy atom. The molecule has 6 aromatic rings. The van der Waals surface area contributed by atoms with Crippen LogP contribution in [-0.2, 0) is 6.42 Å². The Kier molecular flexibility index (Phi) is 6.24. The molecule has 0 saturated heterocycles. The molecular formula is C31H24FN5O. The molecule has 0 fully saturated rings. The van der Waals surface area contributed by atoms with Gasteiger partial charge in [0.15, 0.2) is 0 Å². The fourth-order valence-electron chi connectivity index (χ4n) is 4.66. The molecule has 0 saturated carbocycles. The van der Waals surface area contributed by atoms with Gasteiger partial charge in [0.1, 0.15) is 11.5 Å². The van der Waals surface area contributed by atoms with E-state index in [0.717, 1.165) is 33.6 Å². The number of benzene rings is 3. The molecule has 2 N–H and O–H groups in total. The number of H-pyrrole nitrogens is 1. The van der Waals surface area contributed by atoms with Gasteiger partial charge < -0.3 is 5.32 Å². The molecule has 186 valence electrons. The summed E-state index contributed by atoms with van der Waals surface area (Å²) in [5.41, 5.74) is 6.01. The Morgan fingerprint density at radius 1 is 0.895 bits per heavy atom. The van der Waals surface area contributed by atoms with Crippen LogP contribution in [0.2, 0.25) is 0 Å². The molecule has 6 nitrogen and oxygen atoms in total. The van der Waals surface area contributed by atoms with Gasteiger partial charge in [-0.2, -0.15) is 5.10 Å². The molecule has 3 aromatic heterocycles. The molecule has 7 heteroatoms. The molecule has 0 aliphatic heterocycles. The van der Waals surface area contributed by atoms with E-state index < -0.39 is 11.7 Å². The second-order valence-corrected chi connectivity index (χ2v) is 9.10. The lowest BCUT2D eigenvalue weighted by molar-refractivity contribution is 0.0932. The van der Waals surface area contributed by atoms with Gasteiger partial charge in [0.2, 0.25) is 0 Å². The van der Waals surface area contributed by atoms with Crippen LogP contribution in [0.15, 0.2) is 116 Å². The molecule has 0 aliphatic carbocycles. The molecular weight excluding hydrogens is 477 g/mol. The lowest BCUT2D eigenvalue weighted by Crippen LogP contribution is -2.30. The van der Waals surface area contributed by atoms with Crippen molar-refractivity contribution >= 4 is 11.6 Å². The number of hydrogen-bond acceptors (Lipinski definition) is 3. The number of halogens is 1. The van der Waals surface area contributed by atoms with Crippen LogP contribution in [-0.4, -0.2) is 25.5 Å². The highest BCUT2D eigenvalue weighted by Gasteiger charge is 2.20. The van der Waals surface area contributed by atoms with E-state index in [9.17, 15) is 4.79 Å². The summed E-state index contributed by atoms with van der Waals surface area (Å²) in [6.45, 7) is 0. The maximum atomic E-state index is 15.4. The van der Waals surface area contributed by atoms with Gasteiger partial charge in [0.25, 0.3) is 5.91 Å². The van der Waals surface area contributed by atoms with Crippen LogP contribution in [0.1, 0.15) is 27.5 Å². The van der Waals surface area contributed by atoms with E-state index in [1.807, 2.05) is 89.6 Å². The van der Waals surface area contributed by atoms with Crippen molar-refractivity contribution in [3.63, 3.8) is 0 Å². The molecule has 1 amide bonds. The topological polar surface area (TPSA) is 75.1 Å². The molecule has 0 spiro atoms. The van der Waals surface area contributed by atoms with Gasteiger partial charge in [-0.3, -0.25) is 14.3 Å². The Balaban J connectivity index is 1.28. The highest BCUT2D eigenvalue weighted by atomic mass is 19.1. The van der Waals surface area contributed by atoms with E-state index in [-0.39, 0.29) is 11.6 Å². The fraction of sp³-hybridized carbons (Fsp3) is 0.0645. The third-order valence-electron chi connectivity index (χ3n) is 6.64. The zero-order valence-electron chi connectivity index (χ0n) is 20.4. The van der Waals surface area contributed by atoms with E-state index >= 15 is 4.39 Å². The molecule has 38 heavy (non-hydrogen) atoms. The summed E-state index contributed by atoms with van der Waals surface area (Å²) in [7, 11) is 0. The summed E-state index contributed by atoms with van der Waals surface area (Å²) in [6.07, 6.45) is 7.79. The van der Waals surface area contributed by atoms with Gasteiger partial charge in [-0.15, -0.1) is 0 Å². The first kappa shape index (κ1) is 23.4. The van der Waals surface area contributed by atoms with Crippen LogP contribution in [0.4, 0.5) is 4.39 Å². The van der Waals surface area contributed by atoms with Crippen LogP contribution >= 0.6 is 0 Å². The number of rotatable bonds is 7. The first-order chi connectivity index (χ1) is 18.7. The first-order valence-electron chi connectivity index (χ1n) is 12.3. The highest BCUT2D eigenvalue weighted by molar-refractivity contribution is 5.95. The van der Waals surface area contributed by atoms with E-state index in [1.54, 1.807) is 18.5 Å². The standard InChI is InChI=1S/C31H24FN5O/c32-27-16-23(29-19-33-30-14-12-24(20-37(29)30)25-17-34-35-18-25)11-13-26(27)31(38)36-28(22-9-5-2-6-10-22)15-21-7-3-1-4-8-21/h1-14,16-20,28H,15H2,(H,34,35)(H,36,38). The number of pyridine rings is 1. The number of nitrogens with zero attached hydrogens (tertiary/aromatic N) is 3. The minimum Gasteiger partial charge on any atom is -0.345 e. The summed E-state index contributed by atoms with van der Waals surface area (Å²) in [6, 6.07) is 27.9. The lowest BCUT2D eigenvalue weighted by atomic mass is 9.98. The Bertz CT molecular complexity index is 1700. The summed E-state index contributed by atoms with van der Waals surface area (Å²) in [5, 5.41) is 9.87. The van der Waals surface area contributed by atoms with Crippen LogP contribution < -0.4 is 5.32 Å². The summed E-state index contributed by atoms with van der Waals surface area (Å²) in [4.78, 5) is 17.7. The molecule has 0 bridgehead atoms. The molecule has 0 aliphatic rings. The van der Waals surface area contributed by atoms with Gasteiger partial charge in [-0.1, -0.05) is 66.7 Å². The smallest absolute Gasteiger partial charge is 0.254 e. The number of hydrogen-bond donors (Lipinski definition) is 2. The van der Waals surface area contributed by atoms with Crippen molar-refractivity contribution in [2.24, 2.45) is 0 Å². The molecule has 3 aromatic carbocycles. The Labute approximate surface area is 218 Å². The number of imidazole rings is 1. The van der Waals surface area contributed by atoms with E-state index in [2.05, 4.69) is 20.5 Å². The van der Waals surface area contributed by atoms with Gasteiger partial charge in [0.05, 0.1) is 29.7 Å². The Hall–Kier alpha value is -5.04. The minimum absolute atomic E-state index is 0.00403. The van der Waals surface area contributed by atoms with Crippen LogP contribution in [0, 0.1) is 5.82 Å². The normalized spacial score (nSPS) is 11.9. The van der Waals surface area contributed by atoms with Gasteiger partial charge in [-0.25, -0.2) is 9.37 Å². The second-order valence-electron chi connectivity index (χ2n) is 9.10. The molecule has 0 radical (unpaired) electrons. The third kappa shape index (κ3) is 4.69. The lowest BCUT2D eigenvalue weighted by Gasteiger charge is -2.20. The van der Waals surface area contributed by atoms with Crippen molar-refractivity contribution < 1.29 is 9.18 Å². The predicted octanol–water partition coefficient (Wildman–Crippen LogP) is 6.24. The number of fused-ring (bicyclic) bond motifs is 1. The molecule has 3 heterocycles. The van der Waals surface area contributed by atoms with Crippen molar-refractivity contribution in [2.45, 2.75) is 12.5 Å². The zero-order chi connectivity index (χ0) is 25.9. The highest BCUT2D eigenvalue weighted by Crippen LogP contribution is 2.27. The number of aromatic amines is 1. The van der Waals surface area contributed by atoms with Crippen LogP contribution in [0.3, 0.4) is 0 Å². The van der Waals surface area contributed by atoms with E-state index in [0.29, 0.717) is 12.0 Å². The van der Waals surface area contributed by atoms with Crippen LogP contribution in [0.5, 0.6) is 0 Å². The molecule has 6 rings (SSSR count). The maximum Gasteiger partial charge on any atom is 0.254 e. The van der Waals surface area contributed by atoms with E-state index in [1.165, 1.54) is 12.1 Å². The Morgan fingerprint density at radius 3 is 2.39 bits per heavy atom. The van der Waals surface area contributed by atoms with E-state index in [4.69, 9.17) is 0 Å². The number of carbonyl (C=O) groups excluding carboxylic acids is 1. The van der Waals surface area contributed by atoms with Gasteiger partial charge >= 0.3 is 0 Å². The van der Waals surface area contributed by atoms with Crippen molar-refractivity contribution in [3.8, 4) is 22.4 Å². The van der Waals surface area contributed by atoms with Crippen LogP contribution in [0.25, 0.3) is 28.0 Å².